The molecule has 1 aliphatic rings. The molecule has 1 fully saturated rings. The zero-order valence-corrected chi connectivity index (χ0v) is 15.2. The molecular formula is C16H21ClN6O3. The Morgan fingerprint density at radius 1 is 1.38 bits per heavy atom. The number of carbonyl (C=O) groups excluding carboxylic acids is 1. The lowest BCUT2D eigenvalue weighted by Gasteiger charge is -2.19. The largest absolute Gasteiger partial charge is 0.317 e. The van der Waals surface area contributed by atoms with Gasteiger partial charge in [-0.05, 0) is 25.9 Å². The first kappa shape index (κ1) is 19.8. The van der Waals surface area contributed by atoms with Crippen molar-refractivity contribution in [2.75, 3.05) is 18.4 Å². The molecule has 1 saturated heterocycles. The van der Waals surface area contributed by atoms with Crippen molar-refractivity contribution < 1.29 is 9.72 Å². The molecule has 0 saturated carbocycles. The Balaban J connectivity index is 0.00000243. The molecule has 140 valence electrons. The minimum Gasteiger partial charge on any atom is -0.317 e. The third-order valence-corrected chi connectivity index (χ3v) is 4.27. The van der Waals surface area contributed by atoms with Gasteiger partial charge in [-0.2, -0.15) is 10.1 Å². The second-order valence-corrected chi connectivity index (χ2v) is 6.05. The first-order valence-corrected chi connectivity index (χ1v) is 8.18. The van der Waals surface area contributed by atoms with E-state index in [2.05, 4.69) is 20.7 Å². The summed E-state index contributed by atoms with van der Waals surface area (Å²) in [5.41, 5.74) is 0.303. The number of nitrogens with zero attached hydrogens (tertiary/aromatic N) is 4. The minimum absolute atomic E-state index is 0. The molecule has 9 nitrogen and oxygen atoms in total. The summed E-state index contributed by atoms with van der Waals surface area (Å²) >= 11 is 0. The highest BCUT2D eigenvalue weighted by molar-refractivity contribution is 5.91. The maximum absolute atomic E-state index is 12.3. The van der Waals surface area contributed by atoms with Gasteiger partial charge in [-0.25, -0.2) is 4.68 Å². The van der Waals surface area contributed by atoms with E-state index in [4.69, 9.17) is 0 Å². The fourth-order valence-electron chi connectivity index (χ4n) is 2.95. The van der Waals surface area contributed by atoms with E-state index in [9.17, 15) is 14.9 Å². The number of para-hydroxylation sites is 1. The Bertz CT molecular complexity index is 788. The highest BCUT2D eigenvalue weighted by atomic mass is 35.5. The number of carbonyl (C=O) groups is 1. The van der Waals surface area contributed by atoms with Crippen LogP contribution in [0.4, 0.5) is 11.6 Å². The van der Waals surface area contributed by atoms with Crippen LogP contribution in [0.5, 0.6) is 0 Å². The number of piperidine rings is 1. The molecule has 2 heterocycles. The summed E-state index contributed by atoms with van der Waals surface area (Å²) in [6, 6.07) is 6.22. The van der Waals surface area contributed by atoms with Crippen molar-refractivity contribution >= 4 is 29.9 Å². The highest BCUT2D eigenvalue weighted by Crippen LogP contribution is 2.23. The molecule has 0 aliphatic carbocycles. The quantitative estimate of drug-likeness (QED) is 0.603. The predicted molar refractivity (Wildman–Crippen MR) is 98.5 cm³/mol. The van der Waals surface area contributed by atoms with E-state index in [-0.39, 0.29) is 36.3 Å². The average molecular weight is 381 g/mol. The molecule has 1 aromatic carbocycles. The van der Waals surface area contributed by atoms with E-state index in [0.717, 1.165) is 31.8 Å². The van der Waals surface area contributed by atoms with Crippen molar-refractivity contribution in [1.29, 1.82) is 0 Å². The van der Waals surface area contributed by atoms with E-state index >= 15 is 0 Å². The van der Waals surface area contributed by atoms with Gasteiger partial charge in [-0.15, -0.1) is 12.4 Å². The van der Waals surface area contributed by atoms with Crippen molar-refractivity contribution in [3.05, 3.63) is 45.8 Å². The zero-order chi connectivity index (χ0) is 17.8. The Morgan fingerprint density at radius 3 is 2.77 bits per heavy atom. The zero-order valence-electron chi connectivity index (χ0n) is 14.3. The second-order valence-electron chi connectivity index (χ2n) is 6.05. The van der Waals surface area contributed by atoms with Gasteiger partial charge >= 0.3 is 0 Å². The van der Waals surface area contributed by atoms with Crippen LogP contribution in [0.25, 0.3) is 0 Å². The lowest BCUT2D eigenvalue weighted by atomic mass is 9.98. The molecule has 0 bridgehead atoms. The number of halogens is 1. The normalized spacial score (nSPS) is 14.5. The summed E-state index contributed by atoms with van der Waals surface area (Å²) in [6.07, 6.45) is 1.84. The maximum atomic E-state index is 12.3. The van der Waals surface area contributed by atoms with Crippen LogP contribution in [-0.2, 0) is 18.3 Å². The van der Waals surface area contributed by atoms with E-state index < -0.39 is 4.92 Å². The number of anilines is 1. The predicted octanol–water partition coefficient (Wildman–Crippen LogP) is 1.79. The highest BCUT2D eigenvalue weighted by Gasteiger charge is 2.22. The Morgan fingerprint density at radius 2 is 2.08 bits per heavy atom. The third kappa shape index (κ3) is 4.55. The Kier molecular flexibility index (Phi) is 6.64. The van der Waals surface area contributed by atoms with Gasteiger partial charge in [0.05, 0.1) is 11.3 Å². The number of hydrogen-bond donors (Lipinski definition) is 2. The van der Waals surface area contributed by atoms with Gasteiger partial charge in [-0.3, -0.25) is 20.2 Å². The number of aromatic nitrogens is 3. The van der Waals surface area contributed by atoms with E-state index in [1.165, 1.54) is 10.7 Å². The summed E-state index contributed by atoms with van der Waals surface area (Å²) in [5.74, 6) is 1.01. The number of benzene rings is 1. The molecule has 1 aromatic heterocycles. The van der Waals surface area contributed by atoms with Crippen molar-refractivity contribution in [2.24, 2.45) is 7.05 Å². The van der Waals surface area contributed by atoms with Crippen molar-refractivity contribution in [3.63, 3.8) is 0 Å². The number of hydrogen-bond acceptors (Lipinski definition) is 6. The molecule has 2 N–H and O–H groups in total. The SMILES string of the molecule is Cl.Cn1nc(C2CCNCC2)nc1NC(=O)Cc1ccccc1[N+](=O)[O-]. The second kappa shape index (κ2) is 8.72. The maximum Gasteiger partial charge on any atom is 0.273 e. The van der Waals surface area contributed by atoms with Gasteiger partial charge in [0.25, 0.3) is 5.69 Å². The molecule has 26 heavy (non-hydrogen) atoms. The van der Waals surface area contributed by atoms with Crippen molar-refractivity contribution in [3.8, 4) is 0 Å². The van der Waals surface area contributed by atoms with Crippen molar-refractivity contribution in [1.82, 2.24) is 20.1 Å². The fraction of sp³-hybridized carbons (Fsp3) is 0.438. The number of aryl methyl sites for hydroxylation is 1. The van der Waals surface area contributed by atoms with Gasteiger partial charge in [0.1, 0.15) is 0 Å². The van der Waals surface area contributed by atoms with Crippen LogP contribution >= 0.6 is 12.4 Å². The van der Waals surface area contributed by atoms with Crippen LogP contribution < -0.4 is 10.6 Å². The summed E-state index contributed by atoms with van der Waals surface area (Å²) < 4.78 is 1.54. The minimum atomic E-state index is -0.486. The average Bonchev–Trinajstić information content (AvgIpc) is 2.96. The molecular weight excluding hydrogens is 360 g/mol. The summed E-state index contributed by atoms with van der Waals surface area (Å²) in [4.78, 5) is 27.3. The van der Waals surface area contributed by atoms with Crippen molar-refractivity contribution in [2.45, 2.75) is 25.2 Å². The number of nitrogens with one attached hydrogen (secondary N) is 2. The molecule has 1 aliphatic heterocycles. The fourth-order valence-corrected chi connectivity index (χ4v) is 2.95. The number of rotatable bonds is 5. The number of nitro benzene ring substituents is 1. The third-order valence-electron chi connectivity index (χ3n) is 4.27. The summed E-state index contributed by atoms with van der Waals surface area (Å²) in [5, 5.41) is 21.4. The molecule has 10 heteroatoms. The lowest BCUT2D eigenvalue weighted by Crippen LogP contribution is -2.27. The lowest BCUT2D eigenvalue weighted by molar-refractivity contribution is -0.385. The van der Waals surface area contributed by atoms with Crippen LogP contribution in [0.15, 0.2) is 24.3 Å². The molecule has 0 atom stereocenters. The van der Waals surface area contributed by atoms with Gasteiger partial charge in [0.15, 0.2) is 5.82 Å². The Hall–Kier alpha value is -2.52. The first-order chi connectivity index (χ1) is 12.0. The standard InChI is InChI=1S/C16H20N6O3.ClH/c1-21-16(19-15(20-21)11-6-8-17-9-7-11)18-14(23)10-12-4-2-3-5-13(12)22(24)25;/h2-5,11,17H,6-10H2,1H3,(H,18,19,20,23);1H. The van der Waals surface area contributed by atoms with Gasteiger partial charge in [0.2, 0.25) is 11.9 Å². The smallest absolute Gasteiger partial charge is 0.273 e. The first-order valence-electron chi connectivity index (χ1n) is 8.18. The molecule has 2 aromatic rings. The van der Waals surface area contributed by atoms with E-state index in [1.807, 2.05) is 0 Å². The van der Waals surface area contributed by atoms with Gasteiger partial charge < -0.3 is 5.32 Å². The monoisotopic (exact) mass is 380 g/mol. The van der Waals surface area contributed by atoms with Crippen LogP contribution in [0.1, 0.15) is 30.1 Å². The summed E-state index contributed by atoms with van der Waals surface area (Å²) in [6.45, 7) is 1.87. The molecule has 0 radical (unpaired) electrons. The van der Waals surface area contributed by atoms with Crippen LogP contribution in [-0.4, -0.2) is 38.7 Å². The molecule has 0 unspecified atom stereocenters. The topological polar surface area (TPSA) is 115 Å². The molecule has 0 spiro atoms. The van der Waals surface area contributed by atoms with Gasteiger partial charge in [0, 0.05) is 24.6 Å². The number of nitro groups is 1. The Labute approximate surface area is 156 Å². The number of amides is 1. The van der Waals surface area contributed by atoms with E-state index in [1.54, 1.807) is 25.2 Å². The summed E-state index contributed by atoms with van der Waals surface area (Å²) in [7, 11) is 1.72. The van der Waals surface area contributed by atoms with Crippen LogP contribution in [0, 0.1) is 10.1 Å². The van der Waals surface area contributed by atoms with Crippen LogP contribution in [0.2, 0.25) is 0 Å². The molecule has 1 amide bonds. The molecule has 3 rings (SSSR count). The van der Waals surface area contributed by atoms with Crippen LogP contribution in [0.3, 0.4) is 0 Å². The van der Waals surface area contributed by atoms with E-state index in [0.29, 0.717) is 11.5 Å². The van der Waals surface area contributed by atoms with Gasteiger partial charge in [-0.1, -0.05) is 18.2 Å².